The number of ether oxygens (including phenoxy) is 1. The molecular formula is C18H16BrN3O5. The second-order valence-corrected chi connectivity index (χ2v) is 6.15. The van der Waals surface area contributed by atoms with Crippen molar-refractivity contribution >= 4 is 39.9 Å². The van der Waals surface area contributed by atoms with Gasteiger partial charge in [-0.05, 0) is 48.0 Å². The highest BCUT2D eigenvalue weighted by molar-refractivity contribution is 9.10. The van der Waals surface area contributed by atoms with Crippen molar-refractivity contribution in [3.63, 3.8) is 0 Å². The fraction of sp³-hybridized carbons (Fsp3) is 0.111. The number of hydrogen-bond donors (Lipinski definition) is 3. The molecule has 0 aromatic heterocycles. The zero-order valence-electron chi connectivity index (χ0n) is 14.0. The number of carbonyl (C=O) groups is 3. The lowest BCUT2D eigenvalue weighted by Crippen LogP contribution is -2.34. The average Bonchev–Trinajstić information content (AvgIpc) is 2.65. The van der Waals surface area contributed by atoms with Crippen LogP contribution in [0.5, 0.6) is 5.75 Å². The number of hydrogen-bond acceptors (Lipinski definition) is 5. The number of hydrazone groups is 1. The molecule has 0 atom stereocenters. The number of nitrogens with one attached hydrogen (secondary N) is 2. The molecule has 0 bridgehead atoms. The third-order valence-corrected chi connectivity index (χ3v) is 3.63. The summed E-state index contributed by atoms with van der Waals surface area (Å²) in [5.41, 5.74) is 3.41. The Morgan fingerprint density at radius 2 is 1.89 bits per heavy atom. The summed E-state index contributed by atoms with van der Waals surface area (Å²) in [5, 5.41) is 14.8. The molecule has 140 valence electrons. The first-order chi connectivity index (χ1) is 12.9. The molecule has 0 unspecified atom stereocenters. The van der Waals surface area contributed by atoms with Crippen molar-refractivity contribution in [2.45, 2.75) is 0 Å². The van der Waals surface area contributed by atoms with E-state index in [9.17, 15) is 14.4 Å². The summed E-state index contributed by atoms with van der Waals surface area (Å²) < 4.78 is 5.77. The minimum atomic E-state index is -1.06. The standard InChI is InChI=1S/C18H16BrN3O5/c19-14-3-1-2-13(8-14)18(26)20-10-16(23)22-21-9-12-4-6-15(7-5-12)27-11-17(24)25/h1-9H,10-11H2,(H,20,26)(H,22,23)(H,24,25)/b21-9-. The van der Waals surface area contributed by atoms with Crippen LogP contribution in [0.3, 0.4) is 0 Å². The summed E-state index contributed by atoms with van der Waals surface area (Å²) in [6.45, 7) is -0.639. The van der Waals surface area contributed by atoms with Crippen LogP contribution in [0.2, 0.25) is 0 Å². The van der Waals surface area contributed by atoms with E-state index in [2.05, 4.69) is 31.8 Å². The number of carboxylic acids is 1. The van der Waals surface area contributed by atoms with Crippen LogP contribution >= 0.6 is 15.9 Å². The minimum Gasteiger partial charge on any atom is -0.482 e. The Labute approximate surface area is 163 Å². The first-order valence-corrected chi connectivity index (χ1v) is 8.53. The molecule has 3 N–H and O–H groups in total. The predicted octanol–water partition coefficient (Wildman–Crippen LogP) is 1.79. The highest BCUT2D eigenvalue weighted by Crippen LogP contribution is 2.11. The summed E-state index contributed by atoms with van der Waals surface area (Å²) in [5.74, 6) is -1.49. The largest absolute Gasteiger partial charge is 0.482 e. The van der Waals surface area contributed by atoms with Gasteiger partial charge < -0.3 is 15.2 Å². The number of halogens is 1. The fourth-order valence-corrected chi connectivity index (χ4v) is 2.31. The van der Waals surface area contributed by atoms with Crippen LogP contribution in [0, 0.1) is 0 Å². The molecule has 0 fully saturated rings. The van der Waals surface area contributed by atoms with E-state index in [1.165, 1.54) is 6.21 Å². The van der Waals surface area contributed by atoms with E-state index < -0.39 is 18.5 Å². The summed E-state index contributed by atoms with van der Waals surface area (Å²) in [4.78, 5) is 34.1. The first-order valence-electron chi connectivity index (χ1n) is 7.74. The number of amides is 2. The topological polar surface area (TPSA) is 117 Å². The van der Waals surface area contributed by atoms with Gasteiger partial charge in [0.05, 0.1) is 12.8 Å². The van der Waals surface area contributed by atoms with Crippen molar-refractivity contribution in [1.82, 2.24) is 10.7 Å². The normalized spacial score (nSPS) is 10.4. The molecule has 0 spiro atoms. The van der Waals surface area contributed by atoms with Crippen molar-refractivity contribution in [2.24, 2.45) is 5.10 Å². The van der Waals surface area contributed by atoms with Gasteiger partial charge in [0.25, 0.3) is 11.8 Å². The van der Waals surface area contributed by atoms with Crippen molar-refractivity contribution in [3.8, 4) is 5.75 Å². The van der Waals surface area contributed by atoms with Crippen molar-refractivity contribution < 1.29 is 24.2 Å². The Kier molecular flexibility index (Phi) is 7.50. The summed E-state index contributed by atoms with van der Waals surface area (Å²) in [6.07, 6.45) is 1.41. The SMILES string of the molecule is O=C(O)COc1ccc(/C=N\NC(=O)CNC(=O)c2cccc(Br)c2)cc1. The van der Waals surface area contributed by atoms with Crippen LogP contribution in [0.4, 0.5) is 0 Å². The molecule has 2 aromatic carbocycles. The lowest BCUT2D eigenvalue weighted by molar-refractivity contribution is -0.139. The number of rotatable bonds is 8. The Balaban J connectivity index is 1.76. The maximum Gasteiger partial charge on any atom is 0.341 e. The van der Waals surface area contributed by atoms with E-state index in [0.29, 0.717) is 16.9 Å². The number of carbonyl (C=O) groups excluding carboxylic acids is 2. The van der Waals surface area contributed by atoms with E-state index in [1.807, 2.05) is 0 Å². The summed E-state index contributed by atoms with van der Waals surface area (Å²) in [6, 6.07) is 13.3. The molecular weight excluding hydrogens is 418 g/mol. The molecule has 27 heavy (non-hydrogen) atoms. The zero-order valence-corrected chi connectivity index (χ0v) is 15.6. The molecule has 0 saturated carbocycles. The zero-order chi connectivity index (χ0) is 19.6. The van der Waals surface area contributed by atoms with Crippen LogP contribution in [0.15, 0.2) is 58.1 Å². The van der Waals surface area contributed by atoms with Gasteiger partial charge in [-0.1, -0.05) is 22.0 Å². The molecule has 0 aliphatic heterocycles. The van der Waals surface area contributed by atoms with E-state index >= 15 is 0 Å². The van der Waals surface area contributed by atoms with Crippen LogP contribution in [-0.2, 0) is 9.59 Å². The maximum atomic E-state index is 11.9. The van der Waals surface area contributed by atoms with Gasteiger partial charge in [0, 0.05) is 10.0 Å². The Hall–Kier alpha value is -3.20. The molecule has 0 radical (unpaired) electrons. The summed E-state index contributed by atoms with van der Waals surface area (Å²) >= 11 is 3.27. The van der Waals surface area contributed by atoms with Gasteiger partial charge in [0.2, 0.25) is 0 Å². The third-order valence-electron chi connectivity index (χ3n) is 3.14. The van der Waals surface area contributed by atoms with Crippen LogP contribution in [-0.4, -0.2) is 42.3 Å². The van der Waals surface area contributed by atoms with Crippen LogP contribution in [0.25, 0.3) is 0 Å². The third kappa shape index (κ3) is 7.28. The van der Waals surface area contributed by atoms with E-state index in [-0.39, 0.29) is 12.5 Å². The fourth-order valence-electron chi connectivity index (χ4n) is 1.91. The smallest absolute Gasteiger partial charge is 0.341 e. The van der Waals surface area contributed by atoms with Gasteiger partial charge in [-0.2, -0.15) is 5.10 Å². The van der Waals surface area contributed by atoms with E-state index in [1.54, 1.807) is 48.5 Å². The van der Waals surface area contributed by atoms with Crippen LogP contribution in [0.1, 0.15) is 15.9 Å². The molecule has 0 aliphatic rings. The molecule has 2 amide bonds. The lowest BCUT2D eigenvalue weighted by Gasteiger charge is -2.05. The second-order valence-electron chi connectivity index (χ2n) is 5.24. The Morgan fingerprint density at radius 3 is 2.56 bits per heavy atom. The molecule has 8 nitrogen and oxygen atoms in total. The Bertz CT molecular complexity index is 852. The maximum absolute atomic E-state index is 11.9. The van der Waals surface area contributed by atoms with Gasteiger partial charge in [0.1, 0.15) is 5.75 Å². The number of aliphatic carboxylic acids is 1. The van der Waals surface area contributed by atoms with Gasteiger partial charge >= 0.3 is 5.97 Å². The lowest BCUT2D eigenvalue weighted by atomic mass is 10.2. The molecule has 0 heterocycles. The van der Waals surface area contributed by atoms with E-state index in [0.717, 1.165) is 4.47 Å². The quantitative estimate of drug-likeness (QED) is 0.433. The summed E-state index contributed by atoms with van der Waals surface area (Å²) in [7, 11) is 0. The van der Waals surface area contributed by atoms with Crippen molar-refractivity contribution in [1.29, 1.82) is 0 Å². The van der Waals surface area contributed by atoms with Crippen molar-refractivity contribution in [2.75, 3.05) is 13.2 Å². The molecule has 2 aromatic rings. The Morgan fingerprint density at radius 1 is 1.15 bits per heavy atom. The number of carboxylic acid groups (broad SMARTS) is 1. The second kappa shape index (κ2) is 10.1. The highest BCUT2D eigenvalue weighted by atomic mass is 79.9. The van der Waals surface area contributed by atoms with E-state index in [4.69, 9.17) is 9.84 Å². The van der Waals surface area contributed by atoms with Crippen LogP contribution < -0.4 is 15.5 Å². The van der Waals surface area contributed by atoms with Gasteiger partial charge in [-0.3, -0.25) is 9.59 Å². The predicted molar refractivity (Wildman–Crippen MR) is 102 cm³/mol. The number of benzene rings is 2. The highest BCUT2D eigenvalue weighted by Gasteiger charge is 2.07. The van der Waals surface area contributed by atoms with Crippen molar-refractivity contribution in [3.05, 3.63) is 64.1 Å². The monoisotopic (exact) mass is 433 g/mol. The van der Waals surface area contributed by atoms with Gasteiger partial charge in [0.15, 0.2) is 6.61 Å². The van der Waals surface area contributed by atoms with Gasteiger partial charge in [-0.25, -0.2) is 10.2 Å². The molecule has 0 saturated heterocycles. The minimum absolute atomic E-state index is 0.218. The number of nitrogens with zero attached hydrogens (tertiary/aromatic N) is 1. The first kappa shape index (κ1) is 20.1. The molecule has 9 heteroatoms. The average molecular weight is 434 g/mol. The molecule has 2 rings (SSSR count). The van der Waals surface area contributed by atoms with Gasteiger partial charge in [-0.15, -0.1) is 0 Å². The molecule has 0 aliphatic carbocycles.